The van der Waals surface area contributed by atoms with Crippen molar-refractivity contribution in [3.05, 3.63) is 71.3 Å². The molecular formula is C18H20N2O. The highest BCUT2D eigenvalue weighted by Gasteiger charge is 2.17. The monoisotopic (exact) mass is 280 g/mol. The van der Waals surface area contributed by atoms with Crippen molar-refractivity contribution in [2.45, 2.75) is 19.0 Å². The van der Waals surface area contributed by atoms with Crippen molar-refractivity contribution in [2.75, 3.05) is 13.7 Å². The second-order valence-corrected chi connectivity index (χ2v) is 5.12. The Morgan fingerprint density at radius 3 is 2.43 bits per heavy atom. The van der Waals surface area contributed by atoms with Crippen LogP contribution in [0.5, 0.6) is 0 Å². The minimum atomic E-state index is 0.142. The topological polar surface area (TPSA) is 47.3 Å². The van der Waals surface area contributed by atoms with Gasteiger partial charge in [-0.25, -0.2) is 0 Å². The zero-order valence-corrected chi connectivity index (χ0v) is 12.2. The van der Waals surface area contributed by atoms with E-state index in [0.717, 1.165) is 5.56 Å². The minimum Gasteiger partial charge on any atom is -0.396 e. The van der Waals surface area contributed by atoms with Gasteiger partial charge in [0, 0.05) is 19.2 Å². The molecular weight excluding hydrogens is 260 g/mol. The quantitative estimate of drug-likeness (QED) is 0.884. The lowest BCUT2D eigenvalue weighted by Gasteiger charge is -2.28. The van der Waals surface area contributed by atoms with Gasteiger partial charge in [-0.05, 0) is 30.7 Å². The summed E-state index contributed by atoms with van der Waals surface area (Å²) in [7, 11) is 2.03. The predicted molar refractivity (Wildman–Crippen MR) is 83.5 cm³/mol. The van der Waals surface area contributed by atoms with E-state index in [-0.39, 0.29) is 12.6 Å². The van der Waals surface area contributed by atoms with Gasteiger partial charge in [-0.1, -0.05) is 48.5 Å². The summed E-state index contributed by atoms with van der Waals surface area (Å²) in [6.45, 7) is 0.826. The molecule has 0 bridgehead atoms. The number of benzene rings is 2. The van der Waals surface area contributed by atoms with Crippen LogP contribution < -0.4 is 0 Å². The van der Waals surface area contributed by atoms with E-state index in [2.05, 4.69) is 23.1 Å². The Bertz CT molecular complexity index is 604. The van der Waals surface area contributed by atoms with Crippen molar-refractivity contribution >= 4 is 0 Å². The molecule has 2 aromatic rings. The molecule has 0 aliphatic heterocycles. The minimum absolute atomic E-state index is 0.142. The van der Waals surface area contributed by atoms with Crippen molar-refractivity contribution in [3.8, 4) is 6.07 Å². The lowest BCUT2D eigenvalue weighted by atomic mass is 10.0. The number of aliphatic hydroxyl groups is 1. The van der Waals surface area contributed by atoms with Crippen LogP contribution in [-0.2, 0) is 6.54 Å². The number of aliphatic hydroxyl groups excluding tert-OH is 1. The first kappa shape index (κ1) is 15.2. The molecule has 0 heterocycles. The van der Waals surface area contributed by atoms with E-state index in [1.807, 2.05) is 49.5 Å². The first-order chi connectivity index (χ1) is 10.3. The molecule has 0 saturated heterocycles. The molecule has 0 fully saturated rings. The van der Waals surface area contributed by atoms with Crippen molar-refractivity contribution < 1.29 is 5.11 Å². The molecule has 3 heteroatoms. The molecule has 0 saturated carbocycles. The van der Waals surface area contributed by atoms with Gasteiger partial charge in [0.2, 0.25) is 0 Å². The normalized spacial score (nSPS) is 12.1. The number of nitriles is 1. The van der Waals surface area contributed by atoms with Crippen LogP contribution in [0.3, 0.4) is 0 Å². The molecule has 21 heavy (non-hydrogen) atoms. The summed E-state index contributed by atoms with van der Waals surface area (Å²) in [6.07, 6.45) is 0.676. The van der Waals surface area contributed by atoms with E-state index in [9.17, 15) is 10.4 Å². The summed E-state index contributed by atoms with van der Waals surface area (Å²) in [5.41, 5.74) is 2.91. The van der Waals surface area contributed by atoms with Crippen LogP contribution in [0.2, 0.25) is 0 Å². The Morgan fingerprint density at radius 1 is 1.10 bits per heavy atom. The fraction of sp³-hybridized carbons (Fsp3) is 0.278. The summed E-state index contributed by atoms with van der Waals surface area (Å²) in [6, 6.07) is 20.2. The summed E-state index contributed by atoms with van der Waals surface area (Å²) in [5.74, 6) is 0. The maximum Gasteiger partial charge on any atom is 0.0995 e. The third-order valence-corrected chi connectivity index (χ3v) is 3.68. The highest BCUT2D eigenvalue weighted by Crippen LogP contribution is 2.25. The van der Waals surface area contributed by atoms with Gasteiger partial charge in [0.05, 0.1) is 11.6 Å². The molecule has 0 radical (unpaired) electrons. The Labute approximate surface area is 126 Å². The first-order valence-corrected chi connectivity index (χ1v) is 7.10. The zero-order chi connectivity index (χ0) is 15.1. The lowest BCUT2D eigenvalue weighted by molar-refractivity contribution is 0.180. The van der Waals surface area contributed by atoms with Crippen molar-refractivity contribution in [1.82, 2.24) is 4.90 Å². The van der Waals surface area contributed by atoms with Crippen LogP contribution in [0.1, 0.15) is 29.2 Å². The molecule has 1 atom stereocenters. The van der Waals surface area contributed by atoms with Crippen molar-refractivity contribution in [3.63, 3.8) is 0 Å². The number of hydrogen-bond acceptors (Lipinski definition) is 3. The number of nitrogens with zero attached hydrogens (tertiary/aromatic N) is 2. The summed E-state index contributed by atoms with van der Waals surface area (Å²) >= 11 is 0. The molecule has 2 rings (SSSR count). The highest BCUT2D eigenvalue weighted by molar-refractivity contribution is 5.37. The van der Waals surface area contributed by atoms with Gasteiger partial charge in [-0.15, -0.1) is 0 Å². The number of rotatable bonds is 6. The molecule has 3 nitrogen and oxygen atoms in total. The van der Waals surface area contributed by atoms with E-state index in [1.165, 1.54) is 5.56 Å². The Kier molecular flexibility index (Phi) is 5.51. The maximum atomic E-state index is 9.33. The Hall–Kier alpha value is -2.15. The average Bonchev–Trinajstić information content (AvgIpc) is 2.53. The third-order valence-electron chi connectivity index (χ3n) is 3.68. The second-order valence-electron chi connectivity index (χ2n) is 5.12. The fourth-order valence-electron chi connectivity index (χ4n) is 2.59. The number of hydrogen-bond donors (Lipinski definition) is 1. The van der Waals surface area contributed by atoms with Crippen LogP contribution in [0, 0.1) is 11.3 Å². The van der Waals surface area contributed by atoms with Gasteiger partial charge in [0.1, 0.15) is 0 Å². The molecule has 108 valence electrons. The standard InChI is InChI=1S/C18H20N2O/c1-20(14-17-10-6-5-9-16(17)13-19)18(11-12-21)15-7-3-2-4-8-15/h2-10,18,21H,11-12,14H2,1H3. The predicted octanol–water partition coefficient (Wildman–Crippen LogP) is 3.11. The van der Waals surface area contributed by atoms with Crippen LogP contribution in [-0.4, -0.2) is 23.7 Å². The van der Waals surface area contributed by atoms with E-state index in [1.54, 1.807) is 0 Å². The molecule has 1 N–H and O–H groups in total. The van der Waals surface area contributed by atoms with E-state index in [0.29, 0.717) is 18.5 Å². The zero-order valence-electron chi connectivity index (χ0n) is 12.2. The van der Waals surface area contributed by atoms with Crippen molar-refractivity contribution in [2.24, 2.45) is 0 Å². The van der Waals surface area contributed by atoms with Gasteiger partial charge in [0.15, 0.2) is 0 Å². The smallest absolute Gasteiger partial charge is 0.0995 e. The van der Waals surface area contributed by atoms with Crippen molar-refractivity contribution in [1.29, 1.82) is 5.26 Å². The molecule has 0 aliphatic carbocycles. The van der Waals surface area contributed by atoms with Gasteiger partial charge in [0.25, 0.3) is 0 Å². The van der Waals surface area contributed by atoms with Gasteiger partial charge in [-0.3, -0.25) is 4.90 Å². The lowest BCUT2D eigenvalue weighted by Crippen LogP contribution is -2.25. The molecule has 0 spiro atoms. The van der Waals surface area contributed by atoms with Crippen LogP contribution in [0.25, 0.3) is 0 Å². The average molecular weight is 280 g/mol. The van der Waals surface area contributed by atoms with E-state index >= 15 is 0 Å². The first-order valence-electron chi connectivity index (χ1n) is 7.10. The highest BCUT2D eigenvalue weighted by atomic mass is 16.3. The van der Waals surface area contributed by atoms with E-state index < -0.39 is 0 Å². The van der Waals surface area contributed by atoms with Crippen LogP contribution in [0.4, 0.5) is 0 Å². The second kappa shape index (κ2) is 7.58. The van der Waals surface area contributed by atoms with Gasteiger partial charge >= 0.3 is 0 Å². The molecule has 1 unspecified atom stereocenters. The summed E-state index contributed by atoms with van der Waals surface area (Å²) in [4.78, 5) is 2.18. The molecule has 2 aromatic carbocycles. The molecule has 0 amide bonds. The summed E-state index contributed by atoms with van der Waals surface area (Å²) in [5, 5.41) is 18.5. The van der Waals surface area contributed by atoms with Gasteiger partial charge in [-0.2, -0.15) is 5.26 Å². The molecule has 0 aliphatic rings. The fourth-order valence-corrected chi connectivity index (χ4v) is 2.59. The molecule has 0 aromatic heterocycles. The Balaban J connectivity index is 2.20. The Morgan fingerprint density at radius 2 is 1.76 bits per heavy atom. The van der Waals surface area contributed by atoms with Crippen LogP contribution >= 0.6 is 0 Å². The SMILES string of the molecule is CN(Cc1ccccc1C#N)C(CCO)c1ccccc1. The van der Waals surface area contributed by atoms with Gasteiger partial charge < -0.3 is 5.11 Å². The third kappa shape index (κ3) is 3.91. The van der Waals surface area contributed by atoms with E-state index in [4.69, 9.17) is 0 Å². The summed E-state index contributed by atoms with van der Waals surface area (Å²) < 4.78 is 0. The maximum absolute atomic E-state index is 9.33. The van der Waals surface area contributed by atoms with Crippen LogP contribution in [0.15, 0.2) is 54.6 Å². The largest absolute Gasteiger partial charge is 0.396 e.